The van der Waals surface area contributed by atoms with Crippen LogP contribution in [0.1, 0.15) is 40.5 Å². The Balaban J connectivity index is 2.65. The molecule has 1 saturated heterocycles. The van der Waals surface area contributed by atoms with E-state index in [4.69, 9.17) is 4.74 Å². The average Bonchev–Trinajstić information content (AvgIpc) is 2.25. The SMILES string of the molecule is CC[C@H]1CCN(C(=O)OC(C)(C)C)C[C@@H]1C(=O)O. The summed E-state index contributed by atoms with van der Waals surface area (Å²) in [5.41, 5.74) is -0.544. The van der Waals surface area contributed by atoms with Gasteiger partial charge < -0.3 is 14.7 Å². The molecule has 104 valence electrons. The van der Waals surface area contributed by atoms with Crippen molar-refractivity contribution in [2.75, 3.05) is 13.1 Å². The number of likely N-dealkylation sites (tertiary alicyclic amines) is 1. The van der Waals surface area contributed by atoms with Crippen molar-refractivity contribution in [3.63, 3.8) is 0 Å². The zero-order chi connectivity index (χ0) is 13.9. The minimum absolute atomic E-state index is 0.154. The van der Waals surface area contributed by atoms with Gasteiger partial charge in [0.05, 0.1) is 5.92 Å². The summed E-state index contributed by atoms with van der Waals surface area (Å²) < 4.78 is 5.27. The van der Waals surface area contributed by atoms with Crippen molar-refractivity contribution in [3.05, 3.63) is 0 Å². The molecule has 1 aliphatic rings. The quantitative estimate of drug-likeness (QED) is 0.824. The maximum absolute atomic E-state index is 11.9. The molecule has 1 amide bonds. The molecular weight excluding hydrogens is 234 g/mol. The fourth-order valence-corrected chi connectivity index (χ4v) is 2.26. The Kier molecular flexibility index (Phi) is 4.59. The van der Waals surface area contributed by atoms with E-state index in [0.29, 0.717) is 6.54 Å². The number of carboxylic acid groups (broad SMARTS) is 1. The Morgan fingerprint density at radius 3 is 2.44 bits per heavy atom. The molecular formula is C13H23NO4. The highest BCUT2D eigenvalue weighted by molar-refractivity contribution is 5.73. The first kappa shape index (κ1) is 14.8. The molecule has 5 heteroatoms. The first-order chi connectivity index (χ1) is 8.24. The summed E-state index contributed by atoms with van der Waals surface area (Å²) in [4.78, 5) is 24.6. The molecule has 0 spiro atoms. The maximum atomic E-state index is 11.9. The molecule has 0 aliphatic carbocycles. The van der Waals surface area contributed by atoms with E-state index >= 15 is 0 Å². The summed E-state index contributed by atoms with van der Waals surface area (Å²) >= 11 is 0. The minimum Gasteiger partial charge on any atom is -0.481 e. The van der Waals surface area contributed by atoms with E-state index in [0.717, 1.165) is 12.8 Å². The molecule has 0 saturated carbocycles. The molecule has 18 heavy (non-hydrogen) atoms. The Hall–Kier alpha value is -1.26. The normalized spacial score (nSPS) is 24.8. The maximum Gasteiger partial charge on any atom is 0.410 e. The van der Waals surface area contributed by atoms with Crippen molar-refractivity contribution in [2.45, 2.75) is 46.1 Å². The summed E-state index contributed by atoms with van der Waals surface area (Å²) in [6.45, 7) is 8.23. The minimum atomic E-state index is -0.824. The highest BCUT2D eigenvalue weighted by atomic mass is 16.6. The van der Waals surface area contributed by atoms with Gasteiger partial charge in [-0.25, -0.2) is 4.79 Å². The van der Waals surface area contributed by atoms with Crippen molar-refractivity contribution in [3.8, 4) is 0 Å². The molecule has 0 radical (unpaired) electrons. The van der Waals surface area contributed by atoms with Crippen LogP contribution in [0.3, 0.4) is 0 Å². The highest BCUT2D eigenvalue weighted by Gasteiger charge is 2.36. The van der Waals surface area contributed by atoms with Crippen molar-refractivity contribution >= 4 is 12.1 Å². The highest BCUT2D eigenvalue weighted by Crippen LogP contribution is 2.27. The molecule has 1 rings (SSSR count). The van der Waals surface area contributed by atoms with Gasteiger partial charge in [-0.3, -0.25) is 4.79 Å². The van der Waals surface area contributed by atoms with Crippen LogP contribution in [-0.4, -0.2) is 40.8 Å². The molecule has 1 N–H and O–H groups in total. The smallest absolute Gasteiger partial charge is 0.410 e. The molecule has 5 nitrogen and oxygen atoms in total. The number of hydrogen-bond donors (Lipinski definition) is 1. The lowest BCUT2D eigenvalue weighted by atomic mass is 9.84. The van der Waals surface area contributed by atoms with E-state index in [2.05, 4.69) is 0 Å². The van der Waals surface area contributed by atoms with Gasteiger partial charge in [-0.15, -0.1) is 0 Å². The van der Waals surface area contributed by atoms with Crippen LogP contribution in [-0.2, 0) is 9.53 Å². The Labute approximate surface area is 108 Å². The third-order valence-corrected chi connectivity index (χ3v) is 3.25. The van der Waals surface area contributed by atoms with Crippen LogP contribution in [0.4, 0.5) is 4.79 Å². The van der Waals surface area contributed by atoms with Crippen LogP contribution < -0.4 is 0 Å². The first-order valence-electron chi connectivity index (χ1n) is 6.45. The number of aliphatic carboxylic acids is 1. The molecule has 2 atom stereocenters. The monoisotopic (exact) mass is 257 g/mol. The van der Waals surface area contributed by atoms with Crippen molar-refractivity contribution in [1.29, 1.82) is 0 Å². The van der Waals surface area contributed by atoms with E-state index in [1.165, 1.54) is 4.90 Å². The zero-order valence-electron chi connectivity index (χ0n) is 11.6. The summed E-state index contributed by atoms with van der Waals surface area (Å²) in [7, 11) is 0. The number of carbonyl (C=O) groups is 2. The number of hydrogen-bond acceptors (Lipinski definition) is 3. The lowest BCUT2D eigenvalue weighted by molar-refractivity contribution is -0.145. The van der Waals surface area contributed by atoms with E-state index < -0.39 is 23.6 Å². The number of amides is 1. The fourth-order valence-electron chi connectivity index (χ4n) is 2.26. The molecule has 1 aliphatic heterocycles. The second kappa shape index (κ2) is 5.59. The lowest BCUT2D eigenvalue weighted by Crippen LogP contribution is -2.48. The predicted molar refractivity (Wildman–Crippen MR) is 67.3 cm³/mol. The second-order valence-corrected chi connectivity index (χ2v) is 5.83. The van der Waals surface area contributed by atoms with Gasteiger partial charge in [0.1, 0.15) is 5.60 Å². The first-order valence-corrected chi connectivity index (χ1v) is 6.45. The van der Waals surface area contributed by atoms with Crippen LogP contribution in [0, 0.1) is 11.8 Å². The van der Waals surface area contributed by atoms with Crippen LogP contribution in [0.5, 0.6) is 0 Å². The van der Waals surface area contributed by atoms with E-state index in [-0.39, 0.29) is 12.5 Å². The van der Waals surface area contributed by atoms with E-state index in [1.54, 1.807) is 20.8 Å². The van der Waals surface area contributed by atoms with Crippen LogP contribution in [0.25, 0.3) is 0 Å². The summed E-state index contributed by atoms with van der Waals surface area (Å²) in [5.74, 6) is -1.15. The van der Waals surface area contributed by atoms with Crippen molar-refractivity contribution < 1.29 is 19.4 Å². The number of piperidine rings is 1. The molecule has 0 bridgehead atoms. The predicted octanol–water partition coefficient (Wildman–Crippen LogP) is 2.35. The third kappa shape index (κ3) is 3.89. The molecule has 0 aromatic carbocycles. The van der Waals surface area contributed by atoms with Crippen molar-refractivity contribution in [2.24, 2.45) is 11.8 Å². The van der Waals surface area contributed by atoms with Crippen LogP contribution in [0.2, 0.25) is 0 Å². The Morgan fingerprint density at radius 2 is 2.00 bits per heavy atom. The lowest BCUT2D eigenvalue weighted by Gasteiger charge is -2.36. The van der Waals surface area contributed by atoms with Gasteiger partial charge in [0.15, 0.2) is 0 Å². The molecule has 0 aromatic heterocycles. The van der Waals surface area contributed by atoms with Gasteiger partial charge in [0.25, 0.3) is 0 Å². The van der Waals surface area contributed by atoms with Gasteiger partial charge in [-0.2, -0.15) is 0 Å². The molecule has 0 unspecified atom stereocenters. The summed E-state index contributed by atoms with van der Waals surface area (Å²) in [6, 6.07) is 0. The fraction of sp³-hybridized carbons (Fsp3) is 0.846. The molecule has 1 heterocycles. The zero-order valence-corrected chi connectivity index (χ0v) is 11.6. The number of carboxylic acids is 1. The summed E-state index contributed by atoms with van der Waals surface area (Å²) in [5, 5.41) is 9.19. The molecule has 1 fully saturated rings. The largest absolute Gasteiger partial charge is 0.481 e. The van der Waals surface area contributed by atoms with Gasteiger partial charge >= 0.3 is 12.1 Å². The number of rotatable bonds is 2. The Bertz CT molecular complexity index is 321. The van der Waals surface area contributed by atoms with Gasteiger partial charge in [-0.05, 0) is 33.1 Å². The standard InChI is InChI=1S/C13H23NO4/c1-5-9-6-7-14(8-10(9)11(15)16)12(17)18-13(2,3)4/h9-10H,5-8H2,1-4H3,(H,15,16)/t9-,10-/m0/s1. The second-order valence-electron chi connectivity index (χ2n) is 5.83. The number of ether oxygens (including phenoxy) is 1. The average molecular weight is 257 g/mol. The van der Waals surface area contributed by atoms with Crippen LogP contribution in [0.15, 0.2) is 0 Å². The number of nitrogens with zero attached hydrogens (tertiary/aromatic N) is 1. The van der Waals surface area contributed by atoms with E-state index in [1.807, 2.05) is 6.92 Å². The Morgan fingerprint density at radius 1 is 1.39 bits per heavy atom. The van der Waals surface area contributed by atoms with Crippen molar-refractivity contribution in [1.82, 2.24) is 4.90 Å². The van der Waals surface area contributed by atoms with Gasteiger partial charge in [0.2, 0.25) is 0 Å². The van der Waals surface area contributed by atoms with Gasteiger partial charge in [-0.1, -0.05) is 13.3 Å². The summed E-state index contributed by atoms with van der Waals surface area (Å²) in [6.07, 6.45) is 1.15. The van der Waals surface area contributed by atoms with Gasteiger partial charge in [0, 0.05) is 13.1 Å². The topological polar surface area (TPSA) is 66.8 Å². The molecule has 0 aromatic rings. The van der Waals surface area contributed by atoms with Crippen LogP contribution >= 0.6 is 0 Å². The van der Waals surface area contributed by atoms with E-state index in [9.17, 15) is 14.7 Å². The number of carbonyl (C=O) groups excluding carboxylic acids is 1. The third-order valence-electron chi connectivity index (χ3n) is 3.25.